The Kier molecular flexibility index (Phi) is 3.34. The summed E-state index contributed by atoms with van der Waals surface area (Å²) < 4.78 is 173. The minimum atomic E-state index is -0.630. The second-order valence-electron chi connectivity index (χ2n) is 11.4. The van der Waals surface area contributed by atoms with Gasteiger partial charge in [-0.25, -0.2) is 0 Å². The first-order valence-corrected chi connectivity index (χ1v) is 15.3. The molecule has 0 aliphatic carbocycles. The Morgan fingerprint density at radius 3 is 1.57 bits per heavy atom. The Balaban J connectivity index is 1.39. The summed E-state index contributed by atoms with van der Waals surface area (Å²) in [6.45, 7) is 0. The van der Waals surface area contributed by atoms with E-state index in [9.17, 15) is 2.74 Å². The molecule has 49 heavy (non-hydrogen) atoms. The van der Waals surface area contributed by atoms with Gasteiger partial charge in [0.15, 0.2) is 0 Å². The normalized spacial score (nSPS) is 17.1. The molecule has 1 heteroatoms. The molecule has 0 aliphatic heterocycles. The first-order valence-electron chi connectivity index (χ1n) is 24.8. The Morgan fingerprint density at radius 2 is 0.939 bits per heavy atom. The smallest absolute Gasteiger partial charge is 0.143 e. The molecule has 0 unspecified atom stereocenters. The van der Waals surface area contributed by atoms with Crippen LogP contribution in [-0.2, 0) is 0 Å². The van der Waals surface area contributed by atoms with Crippen molar-refractivity contribution in [3.8, 4) is 44.5 Å². The van der Waals surface area contributed by atoms with Crippen molar-refractivity contribution in [1.82, 2.24) is 0 Å². The molecule has 0 fully saturated rings. The van der Waals surface area contributed by atoms with Crippen molar-refractivity contribution in [3.05, 3.63) is 182 Å². The highest BCUT2D eigenvalue weighted by Gasteiger charge is 2.21. The van der Waals surface area contributed by atoms with Gasteiger partial charge in [0.1, 0.15) is 11.2 Å². The van der Waals surface area contributed by atoms with Crippen LogP contribution in [0.25, 0.3) is 98.8 Å². The fourth-order valence-corrected chi connectivity index (χ4v) is 6.71. The third kappa shape index (κ3) is 4.40. The summed E-state index contributed by atoms with van der Waals surface area (Å²) in [6.07, 6.45) is 0. The van der Waals surface area contributed by atoms with Gasteiger partial charge in [-0.1, -0.05) is 151 Å². The lowest BCUT2D eigenvalue weighted by Crippen LogP contribution is -1.92. The SMILES string of the molecule is [2H]c1c([2H])c([2H])c(-c2cc(-c3c([2H])c([2H])c([2H])c([2H])c3[2H])cc(-c3c4ccccc4c(-c4c([2H])c([2H])c([2H])c5oc6c7c([2H])c([2H])c([2H])c([2H])c7c([2H])c([2H])c6c45)c4ccccc34)c2)c([2H])c1[2H]. The third-order valence-corrected chi connectivity index (χ3v) is 8.73. The Hall–Kier alpha value is -6.44. The van der Waals surface area contributed by atoms with Crippen LogP contribution in [-0.4, -0.2) is 0 Å². The van der Waals surface area contributed by atoms with E-state index < -0.39 is 115 Å². The van der Waals surface area contributed by atoms with Gasteiger partial charge in [0.2, 0.25) is 0 Å². The number of hydrogen-bond acceptors (Lipinski definition) is 1. The summed E-state index contributed by atoms with van der Waals surface area (Å²) in [5.41, 5.74) is 0.414. The maximum absolute atomic E-state index is 9.55. The minimum Gasteiger partial charge on any atom is -0.455 e. The molecular formula is C48H30O. The van der Waals surface area contributed by atoms with Gasteiger partial charge in [-0.15, -0.1) is 0 Å². The van der Waals surface area contributed by atoms with Crippen LogP contribution < -0.4 is 0 Å². The van der Waals surface area contributed by atoms with E-state index in [4.69, 9.17) is 27.7 Å². The predicted molar refractivity (Wildman–Crippen MR) is 208 cm³/mol. The van der Waals surface area contributed by atoms with Gasteiger partial charge >= 0.3 is 0 Å². The third-order valence-electron chi connectivity index (χ3n) is 8.73. The molecule has 0 bridgehead atoms. The zero-order chi connectivity index (χ0) is 48.8. The van der Waals surface area contributed by atoms with Crippen molar-refractivity contribution >= 4 is 54.3 Å². The van der Waals surface area contributed by atoms with E-state index >= 15 is 0 Å². The lowest BCUT2D eigenvalue weighted by Gasteiger charge is -2.19. The van der Waals surface area contributed by atoms with E-state index in [0.29, 0.717) is 38.2 Å². The second kappa shape index (κ2) is 11.1. The van der Waals surface area contributed by atoms with Crippen LogP contribution in [0.2, 0.25) is 0 Å². The van der Waals surface area contributed by atoms with Gasteiger partial charge in [0.25, 0.3) is 0 Å². The molecule has 0 atom stereocenters. The average molecular weight is 642 g/mol. The van der Waals surface area contributed by atoms with E-state index in [1.165, 1.54) is 6.07 Å². The molecule has 0 spiro atoms. The number of benzene rings is 9. The maximum Gasteiger partial charge on any atom is 0.143 e. The van der Waals surface area contributed by atoms with Crippen molar-refractivity contribution in [3.63, 3.8) is 0 Å². The van der Waals surface area contributed by atoms with E-state index in [-0.39, 0.29) is 60.5 Å². The molecule has 1 heterocycles. The van der Waals surface area contributed by atoms with Gasteiger partial charge in [0, 0.05) is 16.2 Å². The monoisotopic (exact) mass is 641 g/mol. The predicted octanol–water partition coefficient (Wildman–Crippen LogP) is 13.7. The molecule has 10 aromatic rings. The highest BCUT2D eigenvalue weighted by atomic mass is 16.3. The molecular weight excluding hydrogens is 593 g/mol. The summed E-state index contributed by atoms with van der Waals surface area (Å²) in [4.78, 5) is 0. The molecule has 0 amide bonds. The first kappa shape index (κ1) is 14.8. The van der Waals surface area contributed by atoms with E-state index in [0.717, 1.165) is 0 Å². The minimum absolute atomic E-state index is 0.00599. The molecule has 0 aliphatic rings. The Bertz CT molecular complexity index is 3770. The van der Waals surface area contributed by atoms with Crippen LogP contribution in [0.1, 0.15) is 26.0 Å². The fourth-order valence-electron chi connectivity index (χ4n) is 6.71. The highest BCUT2D eigenvalue weighted by Crippen LogP contribution is 2.48. The number of furan rings is 1. The molecule has 0 saturated carbocycles. The van der Waals surface area contributed by atoms with Crippen LogP contribution >= 0.6 is 0 Å². The number of hydrogen-bond donors (Lipinski definition) is 0. The van der Waals surface area contributed by atoms with Crippen molar-refractivity contribution in [2.24, 2.45) is 0 Å². The van der Waals surface area contributed by atoms with Crippen LogP contribution in [0, 0.1) is 0 Å². The Morgan fingerprint density at radius 1 is 0.388 bits per heavy atom. The van der Waals surface area contributed by atoms with Gasteiger partial charge in [-0.3, -0.25) is 0 Å². The molecule has 0 saturated heterocycles. The second-order valence-corrected chi connectivity index (χ2v) is 11.4. The van der Waals surface area contributed by atoms with Crippen molar-refractivity contribution in [2.45, 2.75) is 0 Å². The van der Waals surface area contributed by atoms with Crippen molar-refractivity contribution < 1.29 is 30.5 Å². The van der Waals surface area contributed by atoms with Gasteiger partial charge in [-0.2, -0.15) is 0 Å². The lowest BCUT2D eigenvalue weighted by atomic mass is 9.83. The number of fused-ring (bicyclic) bond motifs is 7. The van der Waals surface area contributed by atoms with Crippen LogP contribution in [0.3, 0.4) is 0 Å². The molecule has 9 aromatic carbocycles. The zero-order valence-corrected chi connectivity index (χ0v) is 25.3. The highest BCUT2D eigenvalue weighted by molar-refractivity contribution is 6.27. The van der Waals surface area contributed by atoms with Crippen LogP contribution in [0.5, 0.6) is 0 Å². The summed E-state index contributed by atoms with van der Waals surface area (Å²) in [5, 5.41) is 1.28. The quantitative estimate of drug-likeness (QED) is 0.174. The van der Waals surface area contributed by atoms with Crippen LogP contribution in [0.15, 0.2) is 186 Å². The topological polar surface area (TPSA) is 13.1 Å². The molecule has 0 N–H and O–H groups in total. The molecule has 0 radical (unpaired) electrons. The molecule has 1 aromatic heterocycles. The fraction of sp³-hybridized carbons (Fsp3) is 0. The van der Waals surface area contributed by atoms with E-state index in [2.05, 4.69) is 0 Å². The van der Waals surface area contributed by atoms with Gasteiger partial charge < -0.3 is 4.42 Å². The Labute approximate surface area is 311 Å². The largest absolute Gasteiger partial charge is 0.455 e. The lowest BCUT2D eigenvalue weighted by molar-refractivity contribution is 0.673. The van der Waals surface area contributed by atoms with Gasteiger partial charge in [-0.05, 0) is 102 Å². The van der Waals surface area contributed by atoms with Crippen molar-refractivity contribution in [2.75, 3.05) is 0 Å². The van der Waals surface area contributed by atoms with Gasteiger partial charge in [0.05, 0.1) is 26.0 Å². The van der Waals surface area contributed by atoms with E-state index in [1.807, 2.05) is 0 Å². The summed E-state index contributed by atoms with van der Waals surface area (Å²) in [6, 6.07) is 7.73. The summed E-state index contributed by atoms with van der Waals surface area (Å²) >= 11 is 0. The molecule has 228 valence electrons. The van der Waals surface area contributed by atoms with Crippen molar-refractivity contribution in [1.29, 1.82) is 0 Å². The average Bonchev–Trinajstić information content (AvgIpc) is 3.73. The van der Waals surface area contributed by atoms with Crippen LogP contribution in [0.4, 0.5) is 0 Å². The first-order chi connectivity index (χ1) is 32.2. The number of rotatable bonds is 4. The molecule has 10 rings (SSSR count). The van der Waals surface area contributed by atoms with E-state index in [1.54, 1.807) is 60.7 Å². The standard InChI is InChI=1S/C48H30O/c1-3-14-31(15-4-1)34-28-35(32-16-5-2-6-17-32)30-36(29-34)45-38-20-9-11-22-40(38)46(41-23-12-10-21-39(41)45)42-24-13-25-44-47(42)43-27-26-33-18-7-8-19-37(33)48(43)49-44/h1-30H/i1D,2D,3D,4D,5D,6D,7D,8D,13D,14D,15D,16D,17D,18D,19D,24D,25D,26D,27D. The maximum atomic E-state index is 9.55. The summed E-state index contributed by atoms with van der Waals surface area (Å²) in [7, 11) is 0. The summed E-state index contributed by atoms with van der Waals surface area (Å²) in [5.74, 6) is 0. The zero-order valence-electron chi connectivity index (χ0n) is 44.3. The molecule has 1 nitrogen and oxygen atoms in total.